The Labute approximate surface area is 193 Å². The van der Waals surface area contributed by atoms with Crippen LogP contribution < -0.4 is 5.32 Å². The van der Waals surface area contributed by atoms with Gasteiger partial charge in [-0.3, -0.25) is 4.79 Å². The number of nitrogens with one attached hydrogen (secondary N) is 1. The molecule has 0 spiro atoms. The summed E-state index contributed by atoms with van der Waals surface area (Å²) in [6.07, 6.45) is -8.05. The van der Waals surface area contributed by atoms with Gasteiger partial charge in [0, 0.05) is 27.7 Å². The summed E-state index contributed by atoms with van der Waals surface area (Å²) in [6, 6.07) is 7.66. The Morgan fingerprint density at radius 3 is 2.27 bits per heavy atom. The van der Waals surface area contributed by atoms with Gasteiger partial charge in [-0.25, -0.2) is 0 Å². The molecule has 1 atom stereocenters. The monoisotopic (exact) mass is 510 g/mol. The van der Waals surface area contributed by atoms with E-state index in [1.54, 1.807) is 5.32 Å². The van der Waals surface area contributed by atoms with Crippen LogP contribution in [0.3, 0.4) is 0 Å². The Morgan fingerprint density at radius 2 is 1.70 bits per heavy atom. The summed E-state index contributed by atoms with van der Waals surface area (Å²) >= 11 is 11.7. The average molecular weight is 511 g/mol. The number of carbonyl (C=O) groups is 1. The Morgan fingerprint density at radius 1 is 1.06 bits per heavy atom. The van der Waals surface area contributed by atoms with Crippen molar-refractivity contribution < 1.29 is 36.0 Å². The number of halogens is 8. The standard InChI is InChI=1S/C21H14Cl2F6N2O2/c1-11-2-3-12(6-17(11)30-18(32)20(24,25)26)4-5-16-10-19(33-31-16,21(27,28)29)13-7-14(22)9-15(23)8-13/h2-9H,10H2,1H3,(H,30,32)/b5-4+. The van der Waals surface area contributed by atoms with Gasteiger partial charge >= 0.3 is 18.3 Å². The summed E-state index contributed by atoms with van der Waals surface area (Å²) in [5.41, 5.74) is -2.63. The molecular formula is C21H14Cl2F6N2O2. The first kappa shape index (κ1) is 24.9. The van der Waals surface area contributed by atoms with Crippen LogP contribution in [-0.4, -0.2) is 24.0 Å². The van der Waals surface area contributed by atoms with E-state index in [1.165, 1.54) is 43.3 Å². The number of nitrogens with zero attached hydrogens (tertiary/aromatic N) is 1. The van der Waals surface area contributed by atoms with Gasteiger partial charge in [-0.2, -0.15) is 26.3 Å². The summed E-state index contributed by atoms with van der Waals surface area (Å²) < 4.78 is 79.5. The molecule has 1 heterocycles. The number of hydrogen-bond acceptors (Lipinski definition) is 3. The third-order valence-corrected chi connectivity index (χ3v) is 5.21. The third kappa shape index (κ3) is 5.44. The third-order valence-electron chi connectivity index (χ3n) is 4.77. The first-order valence-corrected chi connectivity index (χ1v) is 9.92. The zero-order valence-corrected chi connectivity index (χ0v) is 18.1. The molecule has 0 bridgehead atoms. The minimum atomic E-state index is -5.07. The lowest BCUT2D eigenvalue weighted by molar-refractivity contribution is -0.275. The van der Waals surface area contributed by atoms with E-state index >= 15 is 0 Å². The van der Waals surface area contributed by atoms with Crippen LogP contribution in [-0.2, 0) is 15.2 Å². The maximum Gasteiger partial charge on any atom is 0.471 e. The number of oxime groups is 1. The van der Waals surface area contributed by atoms with Crippen LogP contribution >= 0.6 is 23.2 Å². The molecule has 1 aliphatic heterocycles. The first-order valence-electron chi connectivity index (χ1n) is 9.16. The zero-order valence-electron chi connectivity index (χ0n) is 16.6. The van der Waals surface area contributed by atoms with Crippen LogP contribution in [0.5, 0.6) is 0 Å². The molecule has 1 aliphatic rings. The number of amides is 1. The lowest BCUT2D eigenvalue weighted by atomic mass is 9.88. The average Bonchev–Trinajstić information content (AvgIpc) is 3.13. The van der Waals surface area contributed by atoms with Crippen molar-refractivity contribution in [2.24, 2.45) is 5.16 Å². The van der Waals surface area contributed by atoms with Gasteiger partial charge in [0.15, 0.2) is 0 Å². The van der Waals surface area contributed by atoms with Crippen LogP contribution in [0.25, 0.3) is 6.08 Å². The van der Waals surface area contributed by atoms with Crippen molar-refractivity contribution in [3.63, 3.8) is 0 Å². The highest BCUT2D eigenvalue weighted by Gasteiger charge is 2.62. The maximum absolute atomic E-state index is 14.0. The predicted molar refractivity (Wildman–Crippen MR) is 112 cm³/mol. The smallest absolute Gasteiger partial charge is 0.374 e. The van der Waals surface area contributed by atoms with Gasteiger partial charge in [-0.15, -0.1) is 0 Å². The normalized spacial score (nSPS) is 18.9. The highest BCUT2D eigenvalue weighted by Crippen LogP contribution is 2.49. The van der Waals surface area contributed by atoms with Crippen LogP contribution in [0.4, 0.5) is 32.0 Å². The van der Waals surface area contributed by atoms with E-state index in [0.717, 1.165) is 12.1 Å². The Bertz CT molecular complexity index is 1120. The van der Waals surface area contributed by atoms with E-state index in [1.807, 2.05) is 0 Å². The van der Waals surface area contributed by atoms with E-state index in [0.29, 0.717) is 11.1 Å². The first-order chi connectivity index (χ1) is 15.2. The largest absolute Gasteiger partial charge is 0.471 e. The predicted octanol–water partition coefficient (Wildman–Crippen LogP) is 7.05. The molecule has 2 aromatic rings. The van der Waals surface area contributed by atoms with Gasteiger partial charge in [0.1, 0.15) is 0 Å². The number of alkyl halides is 6. The van der Waals surface area contributed by atoms with Crippen LogP contribution in [0.15, 0.2) is 47.6 Å². The van der Waals surface area contributed by atoms with Gasteiger partial charge in [0.25, 0.3) is 5.60 Å². The summed E-state index contributed by atoms with van der Waals surface area (Å²) in [6.45, 7) is 1.49. The number of allylic oxidation sites excluding steroid dienone is 1. The number of carbonyl (C=O) groups excluding carboxylic acids is 1. The Balaban J connectivity index is 1.84. The maximum atomic E-state index is 14.0. The molecule has 0 fully saturated rings. The Hall–Kier alpha value is -2.72. The van der Waals surface area contributed by atoms with Gasteiger partial charge in [0.05, 0.1) is 5.71 Å². The van der Waals surface area contributed by atoms with Gasteiger partial charge in [-0.1, -0.05) is 46.6 Å². The van der Waals surface area contributed by atoms with Crippen molar-refractivity contribution in [1.29, 1.82) is 0 Å². The molecule has 4 nitrogen and oxygen atoms in total. The minimum Gasteiger partial charge on any atom is -0.374 e. The van der Waals surface area contributed by atoms with Crippen molar-refractivity contribution >= 4 is 46.6 Å². The van der Waals surface area contributed by atoms with E-state index in [9.17, 15) is 31.1 Å². The van der Waals surface area contributed by atoms with E-state index in [2.05, 4.69) is 5.16 Å². The SMILES string of the molecule is Cc1ccc(/C=C/C2=NOC(c3cc(Cl)cc(Cl)c3)(C(F)(F)F)C2)cc1NC(=O)C(F)(F)F. The summed E-state index contributed by atoms with van der Waals surface area (Å²) in [4.78, 5) is 16.0. The van der Waals surface area contributed by atoms with Crippen LogP contribution in [0.2, 0.25) is 10.0 Å². The highest BCUT2D eigenvalue weighted by molar-refractivity contribution is 6.34. The summed E-state index contributed by atoms with van der Waals surface area (Å²) in [5.74, 6) is -2.14. The number of anilines is 1. The van der Waals surface area contributed by atoms with Gasteiger partial charge < -0.3 is 10.2 Å². The van der Waals surface area contributed by atoms with E-state index < -0.39 is 30.3 Å². The summed E-state index contributed by atoms with van der Waals surface area (Å²) in [7, 11) is 0. The molecular weight excluding hydrogens is 497 g/mol. The van der Waals surface area contributed by atoms with Crippen molar-refractivity contribution in [3.8, 4) is 0 Å². The molecule has 0 radical (unpaired) electrons. The van der Waals surface area contributed by atoms with Gasteiger partial charge in [-0.05, 0) is 48.4 Å². The second kappa shape index (κ2) is 8.90. The minimum absolute atomic E-state index is 0.0122. The molecule has 176 valence electrons. The second-order valence-electron chi connectivity index (χ2n) is 7.19. The molecule has 33 heavy (non-hydrogen) atoms. The quantitative estimate of drug-likeness (QED) is 0.448. The molecule has 0 saturated carbocycles. The molecule has 2 aromatic carbocycles. The lowest BCUT2D eigenvalue weighted by Crippen LogP contribution is -2.42. The van der Waals surface area contributed by atoms with Crippen molar-refractivity contribution in [1.82, 2.24) is 0 Å². The van der Waals surface area contributed by atoms with E-state index in [4.69, 9.17) is 28.0 Å². The molecule has 0 saturated heterocycles. The molecule has 3 rings (SSSR count). The highest BCUT2D eigenvalue weighted by atomic mass is 35.5. The molecule has 0 aromatic heterocycles. The van der Waals surface area contributed by atoms with Crippen molar-refractivity contribution in [2.45, 2.75) is 31.3 Å². The topological polar surface area (TPSA) is 50.7 Å². The van der Waals surface area contributed by atoms with Crippen LogP contribution in [0.1, 0.15) is 23.1 Å². The second-order valence-corrected chi connectivity index (χ2v) is 8.07. The lowest BCUT2D eigenvalue weighted by Gasteiger charge is -2.29. The van der Waals surface area contributed by atoms with Crippen LogP contribution in [0, 0.1) is 6.92 Å². The van der Waals surface area contributed by atoms with Crippen molar-refractivity contribution in [2.75, 3.05) is 5.32 Å². The molecule has 12 heteroatoms. The fourth-order valence-corrected chi connectivity index (χ4v) is 3.59. The molecule has 1 unspecified atom stereocenters. The van der Waals surface area contributed by atoms with Gasteiger partial charge in [0.2, 0.25) is 0 Å². The zero-order chi connectivity index (χ0) is 24.6. The van der Waals surface area contributed by atoms with E-state index in [-0.39, 0.29) is 27.0 Å². The number of benzene rings is 2. The molecule has 1 amide bonds. The molecule has 0 aliphatic carbocycles. The summed E-state index contributed by atoms with van der Waals surface area (Å²) in [5, 5.41) is 5.26. The number of rotatable bonds is 4. The van der Waals surface area contributed by atoms with Crippen molar-refractivity contribution in [3.05, 3.63) is 69.2 Å². The number of hydrogen-bond donors (Lipinski definition) is 1. The number of aryl methyl sites for hydroxylation is 1. The fourth-order valence-electron chi connectivity index (χ4n) is 3.07. The Kier molecular flexibility index (Phi) is 6.72. The fraction of sp³-hybridized carbons (Fsp3) is 0.238. The molecule has 1 N–H and O–H groups in total.